The molecule has 0 bridgehead atoms. The molecule has 0 aliphatic heterocycles. The Balaban J connectivity index is 3.64. The lowest BCUT2D eigenvalue weighted by Gasteiger charge is -2.25. The number of hydrogen-bond acceptors (Lipinski definition) is 4. The fraction of sp³-hybridized carbons (Fsp3) is 0.900. The summed E-state index contributed by atoms with van der Waals surface area (Å²) in [5, 5.41) is 20.7. The summed E-state index contributed by atoms with van der Waals surface area (Å²) in [7, 11) is 0. The number of hydrogen-bond donors (Lipinski definition) is 3. The maximum absolute atomic E-state index is 10.3. The normalized spacial score (nSPS) is 13.9. The van der Waals surface area contributed by atoms with E-state index in [0.717, 1.165) is 0 Å². The number of aliphatic hydroxyl groups excluding tert-OH is 1. The molecule has 0 spiro atoms. The molecule has 0 saturated heterocycles. The van der Waals surface area contributed by atoms with Crippen LogP contribution in [0.3, 0.4) is 0 Å². The van der Waals surface area contributed by atoms with E-state index in [2.05, 4.69) is 5.32 Å². The van der Waals surface area contributed by atoms with Gasteiger partial charge in [0.05, 0.1) is 18.1 Å². The molecule has 90 valence electrons. The molecule has 0 aromatic rings. The molecular weight excluding hydrogens is 198 g/mol. The van der Waals surface area contributed by atoms with E-state index in [1.54, 1.807) is 0 Å². The van der Waals surface area contributed by atoms with Gasteiger partial charge < -0.3 is 20.3 Å². The molecule has 3 N–H and O–H groups in total. The van der Waals surface area contributed by atoms with Crippen molar-refractivity contribution in [2.45, 2.75) is 38.9 Å². The summed E-state index contributed by atoms with van der Waals surface area (Å²) in [6, 6.07) is 0. The van der Waals surface area contributed by atoms with Crippen molar-refractivity contribution >= 4 is 5.97 Å². The first-order valence-electron chi connectivity index (χ1n) is 5.12. The third-order valence-electron chi connectivity index (χ3n) is 1.88. The molecule has 0 aliphatic rings. The van der Waals surface area contributed by atoms with Gasteiger partial charge in [0, 0.05) is 19.7 Å². The van der Waals surface area contributed by atoms with Gasteiger partial charge in [0.1, 0.15) is 0 Å². The Labute approximate surface area is 90.4 Å². The third-order valence-corrected chi connectivity index (χ3v) is 1.88. The van der Waals surface area contributed by atoms with E-state index in [1.165, 1.54) is 0 Å². The van der Waals surface area contributed by atoms with Gasteiger partial charge in [-0.3, -0.25) is 4.79 Å². The highest BCUT2D eigenvalue weighted by atomic mass is 16.5. The van der Waals surface area contributed by atoms with Crippen LogP contribution in [0, 0.1) is 0 Å². The van der Waals surface area contributed by atoms with Gasteiger partial charge in [0.15, 0.2) is 0 Å². The topological polar surface area (TPSA) is 78.8 Å². The minimum atomic E-state index is -0.992. The SMILES string of the molecule is CCOC(C)(C)CNCC(O)CC(=O)O. The third kappa shape index (κ3) is 8.35. The first-order valence-corrected chi connectivity index (χ1v) is 5.12. The molecule has 0 heterocycles. The number of aliphatic hydroxyl groups is 1. The number of nitrogens with one attached hydrogen (secondary N) is 1. The van der Waals surface area contributed by atoms with Crippen molar-refractivity contribution in [3.8, 4) is 0 Å². The van der Waals surface area contributed by atoms with Crippen molar-refractivity contribution in [2.75, 3.05) is 19.7 Å². The van der Waals surface area contributed by atoms with Crippen molar-refractivity contribution < 1.29 is 19.7 Å². The summed E-state index contributed by atoms with van der Waals surface area (Å²) in [6.07, 6.45) is -1.08. The van der Waals surface area contributed by atoms with E-state index >= 15 is 0 Å². The van der Waals surface area contributed by atoms with Crippen molar-refractivity contribution in [3.05, 3.63) is 0 Å². The molecule has 0 radical (unpaired) electrons. The number of carboxylic acids is 1. The first-order chi connectivity index (χ1) is 6.87. The molecule has 0 fully saturated rings. The molecule has 1 unspecified atom stereocenters. The van der Waals surface area contributed by atoms with Crippen LogP contribution in [0.25, 0.3) is 0 Å². The highest BCUT2D eigenvalue weighted by Gasteiger charge is 2.17. The molecular formula is C10H21NO4. The second-order valence-corrected chi connectivity index (χ2v) is 4.08. The average molecular weight is 219 g/mol. The Morgan fingerprint density at radius 1 is 1.53 bits per heavy atom. The van der Waals surface area contributed by atoms with Gasteiger partial charge in [0.2, 0.25) is 0 Å². The van der Waals surface area contributed by atoms with Crippen LogP contribution in [0.4, 0.5) is 0 Å². The van der Waals surface area contributed by atoms with Crippen LogP contribution in [-0.2, 0) is 9.53 Å². The van der Waals surface area contributed by atoms with Gasteiger partial charge in [-0.05, 0) is 20.8 Å². The fourth-order valence-corrected chi connectivity index (χ4v) is 1.26. The van der Waals surface area contributed by atoms with Crippen molar-refractivity contribution in [2.24, 2.45) is 0 Å². The van der Waals surface area contributed by atoms with E-state index in [1.807, 2.05) is 20.8 Å². The molecule has 0 rings (SSSR count). The van der Waals surface area contributed by atoms with Crippen LogP contribution in [0.2, 0.25) is 0 Å². The van der Waals surface area contributed by atoms with Crippen molar-refractivity contribution in [1.82, 2.24) is 5.32 Å². The van der Waals surface area contributed by atoms with Crippen LogP contribution in [0.15, 0.2) is 0 Å². The molecule has 5 nitrogen and oxygen atoms in total. The lowest BCUT2D eigenvalue weighted by molar-refractivity contribution is -0.139. The highest BCUT2D eigenvalue weighted by Crippen LogP contribution is 2.06. The van der Waals surface area contributed by atoms with E-state index in [-0.39, 0.29) is 18.6 Å². The summed E-state index contributed by atoms with van der Waals surface area (Å²) in [5.41, 5.74) is -0.294. The van der Waals surface area contributed by atoms with Gasteiger partial charge in [-0.25, -0.2) is 0 Å². The quantitative estimate of drug-likeness (QED) is 0.544. The van der Waals surface area contributed by atoms with Crippen molar-refractivity contribution in [3.63, 3.8) is 0 Å². The Bertz CT molecular complexity index is 194. The molecule has 0 aliphatic carbocycles. The molecule has 5 heteroatoms. The minimum Gasteiger partial charge on any atom is -0.481 e. The summed E-state index contributed by atoms with van der Waals surface area (Å²) < 4.78 is 5.43. The van der Waals surface area contributed by atoms with E-state index < -0.39 is 12.1 Å². The number of carbonyl (C=O) groups is 1. The van der Waals surface area contributed by atoms with E-state index in [4.69, 9.17) is 9.84 Å². The van der Waals surface area contributed by atoms with Gasteiger partial charge in [-0.1, -0.05) is 0 Å². The molecule has 0 aromatic carbocycles. The van der Waals surface area contributed by atoms with Crippen LogP contribution in [-0.4, -0.2) is 47.6 Å². The van der Waals surface area contributed by atoms with Crippen LogP contribution >= 0.6 is 0 Å². The lowest BCUT2D eigenvalue weighted by Crippen LogP contribution is -2.41. The molecule has 1 atom stereocenters. The van der Waals surface area contributed by atoms with Crippen LogP contribution in [0.5, 0.6) is 0 Å². The smallest absolute Gasteiger partial charge is 0.306 e. The van der Waals surface area contributed by atoms with Crippen LogP contribution in [0.1, 0.15) is 27.2 Å². The molecule has 15 heavy (non-hydrogen) atoms. The number of aliphatic carboxylic acids is 1. The maximum Gasteiger partial charge on any atom is 0.306 e. The maximum atomic E-state index is 10.3. The lowest BCUT2D eigenvalue weighted by atomic mass is 10.1. The zero-order valence-electron chi connectivity index (χ0n) is 9.62. The van der Waals surface area contributed by atoms with Gasteiger partial charge >= 0.3 is 5.97 Å². The predicted octanol–water partition coefficient (Wildman–Crippen LogP) is 0.227. The zero-order valence-corrected chi connectivity index (χ0v) is 9.62. The molecule has 0 saturated carbocycles. The minimum absolute atomic E-state index is 0.234. The number of carboxylic acid groups (broad SMARTS) is 1. The summed E-state index contributed by atoms with van der Waals surface area (Å²) in [4.78, 5) is 10.3. The monoisotopic (exact) mass is 219 g/mol. The van der Waals surface area contributed by atoms with Gasteiger partial charge in [-0.15, -0.1) is 0 Å². The van der Waals surface area contributed by atoms with Crippen LogP contribution < -0.4 is 5.32 Å². The summed E-state index contributed by atoms with van der Waals surface area (Å²) >= 11 is 0. The zero-order chi connectivity index (χ0) is 11.9. The average Bonchev–Trinajstić information content (AvgIpc) is 2.01. The van der Waals surface area contributed by atoms with E-state index in [9.17, 15) is 9.90 Å². The summed E-state index contributed by atoms with van der Waals surface area (Å²) in [5.74, 6) is -0.992. The Kier molecular flexibility index (Phi) is 6.47. The predicted molar refractivity (Wildman–Crippen MR) is 56.8 cm³/mol. The fourth-order valence-electron chi connectivity index (χ4n) is 1.26. The molecule has 0 aromatic heterocycles. The second kappa shape index (κ2) is 6.76. The Hall–Kier alpha value is -0.650. The van der Waals surface area contributed by atoms with Gasteiger partial charge in [0.25, 0.3) is 0 Å². The largest absolute Gasteiger partial charge is 0.481 e. The molecule has 0 amide bonds. The number of rotatable bonds is 8. The number of ether oxygens (including phenoxy) is 1. The highest BCUT2D eigenvalue weighted by molar-refractivity contribution is 5.67. The Morgan fingerprint density at radius 2 is 2.13 bits per heavy atom. The van der Waals surface area contributed by atoms with Gasteiger partial charge in [-0.2, -0.15) is 0 Å². The first kappa shape index (κ1) is 14.3. The standard InChI is InChI=1S/C10H21NO4/c1-4-15-10(2,3)7-11-6-8(12)5-9(13)14/h8,11-12H,4-7H2,1-3H3,(H,13,14). The summed E-state index contributed by atoms with van der Waals surface area (Å²) in [6.45, 7) is 7.27. The Morgan fingerprint density at radius 3 is 2.60 bits per heavy atom. The second-order valence-electron chi connectivity index (χ2n) is 4.08. The van der Waals surface area contributed by atoms with Crippen molar-refractivity contribution in [1.29, 1.82) is 0 Å². The van der Waals surface area contributed by atoms with E-state index in [0.29, 0.717) is 13.2 Å².